The third kappa shape index (κ3) is 6.57. The second-order valence-corrected chi connectivity index (χ2v) is 8.23. The van der Waals surface area contributed by atoms with Gasteiger partial charge >= 0.3 is 6.18 Å². The first-order valence-electron chi connectivity index (χ1n) is 10.9. The number of halogens is 3. The Kier molecular flexibility index (Phi) is 7.93. The molecule has 1 saturated heterocycles. The number of hydrogen-bond donors (Lipinski definition) is 2. The molecule has 2 aromatic rings. The first-order chi connectivity index (χ1) is 16.0. The van der Waals surface area contributed by atoms with E-state index in [1.54, 1.807) is 21.9 Å². The minimum atomic E-state index is -4.57. The Morgan fingerprint density at radius 2 is 1.62 bits per heavy atom. The molecule has 34 heavy (non-hydrogen) atoms. The summed E-state index contributed by atoms with van der Waals surface area (Å²) in [5.74, 6) is -1.12. The number of anilines is 1. The van der Waals surface area contributed by atoms with E-state index in [-0.39, 0.29) is 30.6 Å². The zero-order valence-electron chi connectivity index (χ0n) is 19.0. The number of carbonyl (C=O) groups excluding carboxylic acids is 3. The van der Waals surface area contributed by atoms with E-state index in [4.69, 9.17) is 0 Å². The maximum atomic E-state index is 13.1. The molecule has 1 aliphatic rings. The van der Waals surface area contributed by atoms with Crippen LogP contribution in [0.25, 0.3) is 0 Å². The molecule has 0 saturated carbocycles. The highest BCUT2D eigenvalue weighted by atomic mass is 19.4. The highest BCUT2D eigenvalue weighted by molar-refractivity contribution is 5.96. The number of nitrogens with one attached hydrogen (secondary N) is 2. The van der Waals surface area contributed by atoms with Crippen molar-refractivity contribution in [2.24, 2.45) is 0 Å². The van der Waals surface area contributed by atoms with E-state index in [2.05, 4.69) is 10.6 Å². The van der Waals surface area contributed by atoms with Gasteiger partial charge in [0.2, 0.25) is 11.8 Å². The molecule has 10 heteroatoms. The van der Waals surface area contributed by atoms with Gasteiger partial charge in [0.25, 0.3) is 5.91 Å². The predicted octanol–water partition coefficient (Wildman–Crippen LogP) is 2.83. The number of carbonyl (C=O) groups is 3. The van der Waals surface area contributed by atoms with Crippen molar-refractivity contribution in [2.75, 3.05) is 44.6 Å². The predicted molar refractivity (Wildman–Crippen MR) is 121 cm³/mol. The fourth-order valence-corrected chi connectivity index (χ4v) is 3.64. The summed E-state index contributed by atoms with van der Waals surface area (Å²) in [6.45, 7) is 5.13. The highest BCUT2D eigenvalue weighted by Crippen LogP contribution is 2.34. The molecule has 0 unspecified atom stereocenters. The second-order valence-electron chi connectivity index (χ2n) is 8.23. The second kappa shape index (κ2) is 10.7. The van der Waals surface area contributed by atoms with Crippen LogP contribution in [0.1, 0.15) is 27.0 Å². The van der Waals surface area contributed by atoms with E-state index in [1.807, 2.05) is 19.9 Å². The Morgan fingerprint density at radius 3 is 2.26 bits per heavy atom. The zero-order chi connectivity index (χ0) is 24.9. The number of alkyl halides is 3. The van der Waals surface area contributed by atoms with E-state index < -0.39 is 17.6 Å². The highest BCUT2D eigenvalue weighted by Gasteiger charge is 2.33. The van der Waals surface area contributed by atoms with Gasteiger partial charge in [-0.15, -0.1) is 0 Å². The number of piperazine rings is 1. The summed E-state index contributed by atoms with van der Waals surface area (Å²) >= 11 is 0. The van der Waals surface area contributed by atoms with Crippen molar-refractivity contribution in [1.29, 1.82) is 0 Å². The van der Waals surface area contributed by atoms with Crippen LogP contribution in [0.4, 0.5) is 18.9 Å². The van der Waals surface area contributed by atoms with E-state index in [0.29, 0.717) is 31.7 Å². The van der Waals surface area contributed by atoms with E-state index in [1.165, 1.54) is 18.2 Å². The number of aryl methyl sites for hydroxylation is 2. The lowest BCUT2D eigenvalue weighted by molar-refractivity contribution is -0.137. The molecular weight excluding hydrogens is 449 g/mol. The average molecular weight is 476 g/mol. The van der Waals surface area contributed by atoms with E-state index in [0.717, 1.165) is 17.2 Å². The summed E-state index contributed by atoms with van der Waals surface area (Å²) in [6.07, 6.45) is -4.57. The summed E-state index contributed by atoms with van der Waals surface area (Å²) in [4.78, 5) is 40.4. The van der Waals surface area contributed by atoms with Crippen molar-refractivity contribution in [3.63, 3.8) is 0 Å². The first-order valence-corrected chi connectivity index (χ1v) is 10.9. The molecule has 0 bridgehead atoms. The van der Waals surface area contributed by atoms with Crippen molar-refractivity contribution in [1.82, 2.24) is 15.1 Å². The van der Waals surface area contributed by atoms with Gasteiger partial charge in [0.05, 0.1) is 24.3 Å². The van der Waals surface area contributed by atoms with Crippen LogP contribution in [0.5, 0.6) is 0 Å². The molecule has 0 atom stereocenters. The van der Waals surface area contributed by atoms with Crippen LogP contribution in [0.2, 0.25) is 0 Å². The van der Waals surface area contributed by atoms with E-state index >= 15 is 0 Å². The van der Waals surface area contributed by atoms with Crippen molar-refractivity contribution in [2.45, 2.75) is 20.0 Å². The Bertz CT molecular complexity index is 1060. The lowest BCUT2D eigenvalue weighted by Crippen LogP contribution is -2.52. The minimum absolute atomic E-state index is 0.0856. The number of amides is 3. The molecule has 0 aromatic heterocycles. The summed E-state index contributed by atoms with van der Waals surface area (Å²) in [5, 5.41) is 4.96. The third-order valence-electron chi connectivity index (χ3n) is 5.77. The summed E-state index contributed by atoms with van der Waals surface area (Å²) in [5.41, 5.74) is 1.36. The van der Waals surface area contributed by atoms with Crippen LogP contribution in [-0.4, -0.2) is 66.8 Å². The molecule has 1 heterocycles. The zero-order valence-corrected chi connectivity index (χ0v) is 19.0. The first kappa shape index (κ1) is 25.2. The Labute approximate surface area is 195 Å². The Balaban J connectivity index is 1.44. The maximum absolute atomic E-state index is 13.1. The van der Waals surface area contributed by atoms with Gasteiger partial charge in [-0.25, -0.2) is 0 Å². The van der Waals surface area contributed by atoms with Crippen LogP contribution < -0.4 is 10.6 Å². The molecule has 1 aliphatic heterocycles. The van der Waals surface area contributed by atoms with Crippen molar-refractivity contribution < 1.29 is 27.6 Å². The van der Waals surface area contributed by atoms with Crippen LogP contribution in [0.3, 0.4) is 0 Å². The van der Waals surface area contributed by atoms with Crippen molar-refractivity contribution >= 4 is 23.4 Å². The molecule has 7 nitrogen and oxygen atoms in total. The molecule has 0 radical (unpaired) electrons. The van der Waals surface area contributed by atoms with Gasteiger partial charge in [-0.1, -0.05) is 18.2 Å². The molecule has 2 aromatic carbocycles. The smallest absolute Gasteiger partial charge is 0.343 e. The van der Waals surface area contributed by atoms with Crippen LogP contribution >= 0.6 is 0 Å². The molecule has 0 aliphatic carbocycles. The van der Waals surface area contributed by atoms with Crippen molar-refractivity contribution in [3.8, 4) is 0 Å². The number of hydrogen-bond acceptors (Lipinski definition) is 4. The van der Waals surface area contributed by atoms with Crippen molar-refractivity contribution in [3.05, 3.63) is 64.7 Å². The average Bonchev–Trinajstić information content (AvgIpc) is 2.79. The lowest BCUT2D eigenvalue weighted by Gasteiger charge is -2.34. The van der Waals surface area contributed by atoms with Gasteiger partial charge in [0, 0.05) is 31.7 Å². The van der Waals surface area contributed by atoms with Crippen LogP contribution in [-0.2, 0) is 15.8 Å². The van der Waals surface area contributed by atoms with Gasteiger partial charge in [-0.05, 0) is 49.2 Å². The number of benzene rings is 2. The molecular formula is C24H27F3N4O3. The third-order valence-corrected chi connectivity index (χ3v) is 5.77. The number of rotatable bonds is 6. The SMILES string of the molecule is Cc1ccc(C(=O)NCC(=O)N2CCN(CC(=O)Nc3ccccc3C(F)(F)F)CC2)cc1C. The Morgan fingerprint density at radius 1 is 0.941 bits per heavy atom. The quantitative estimate of drug-likeness (QED) is 0.672. The molecule has 0 spiro atoms. The van der Waals surface area contributed by atoms with Gasteiger partial charge in [0.15, 0.2) is 0 Å². The van der Waals surface area contributed by atoms with Crippen LogP contribution in [0, 0.1) is 13.8 Å². The Hall–Kier alpha value is -3.40. The summed E-state index contributed by atoms with van der Waals surface area (Å²) in [6, 6.07) is 10.1. The molecule has 2 N–H and O–H groups in total. The standard InChI is InChI=1S/C24H27F3N4O3/c1-16-7-8-18(13-17(16)2)23(34)28-14-22(33)31-11-9-30(10-12-31)15-21(32)29-20-6-4-3-5-19(20)24(25,26)27/h3-8,13H,9-12,14-15H2,1-2H3,(H,28,34)(H,29,32). The van der Waals surface area contributed by atoms with Gasteiger partial charge in [0.1, 0.15) is 0 Å². The lowest BCUT2D eigenvalue weighted by atomic mass is 10.1. The summed E-state index contributed by atoms with van der Waals surface area (Å²) in [7, 11) is 0. The molecule has 3 rings (SSSR count). The molecule has 1 fully saturated rings. The van der Waals surface area contributed by atoms with E-state index in [9.17, 15) is 27.6 Å². The number of para-hydroxylation sites is 1. The molecule has 3 amide bonds. The fraction of sp³-hybridized carbons (Fsp3) is 0.375. The normalized spacial score (nSPS) is 14.6. The number of nitrogens with zero attached hydrogens (tertiary/aromatic N) is 2. The minimum Gasteiger partial charge on any atom is -0.343 e. The van der Waals surface area contributed by atoms with Crippen LogP contribution in [0.15, 0.2) is 42.5 Å². The van der Waals surface area contributed by atoms with Gasteiger partial charge < -0.3 is 15.5 Å². The van der Waals surface area contributed by atoms with Gasteiger partial charge in [-0.2, -0.15) is 13.2 Å². The summed E-state index contributed by atoms with van der Waals surface area (Å²) < 4.78 is 39.3. The maximum Gasteiger partial charge on any atom is 0.418 e. The largest absolute Gasteiger partial charge is 0.418 e. The molecule has 182 valence electrons. The fourth-order valence-electron chi connectivity index (χ4n) is 3.64. The monoisotopic (exact) mass is 476 g/mol. The van der Waals surface area contributed by atoms with Gasteiger partial charge in [-0.3, -0.25) is 19.3 Å². The topological polar surface area (TPSA) is 81.8 Å².